The summed E-state index contributed by atoms with van der Waals surface area (Å²) < 4.78 is 0. The number of para-hydroxylation sites is 1. The van der Waals surface area contributed by atoms with Crippen molar-refractivity contribution in [3.63, 3.8) is 0 Å². The second-order valence-electron chi connectivity index (χ2n) is 7.39. The Morgan fingerprint density at radius 1 is 1.19 bits per heavy atom. The summed E-state index contributed by atoms with van der Waals surface area (Å²) in [6, 6.07) is 9.64. The smallest absolute Gasteiger partial charge is 0.256 e. The van der Waals surface area contributed by atoms with E-state index >= 15 is 0 Å². The number of likely N-dealkylation sites (N-methyl/N-ethyl adjacent to an activating group) is 1. The summed E-state index contributed by atoms with van der Waals surface area (Å²) in [5, 5.41) is 13.9. The van der Waals surface area contributed by atoms with Crippen molar-refractivity contribution < 1.29 is 9.90 Å². The van der Waals surface area contributed by atoms with Crippen molar-refractivity contribution in [3.8, 4) is 0 Å². The minimum Gasteiger partial charge on any atom is -0.388 e. The number of benzene rings is 1. The fourth-order valence-corrected chi connectivity index (χ4v) is 3.46. The van der Waals surface area contributed by atoms with Crippen molar-refractivity contribution >= 4 is 17.5 Å². The molecule has 1 saturated heterocycles. The van der Waals surface area contributed by atoms with Crippen LogP contribution in [0.5, 0.6) is 0 Å². The summed E-state index contributed by atoms with van der Waals surface area (Å²) >= 11 is 0. The second kappa shape index (κ2) is 8.45. The topological polar surface area (TPSA) is 81.6 Å². The SMILES string of the molecule is CN(C)C[C@@]1(O)CCCN(C(=O)c2cnc(Nc3ccccc3)nc2)CC1. The van der Waals surface area contributed by atoms with Gasteiger partial charge in [-0.1, -0.05) is 18.2 Å². The highest BCUT2D eigenvalue weighted by molar-refractivity contribution is 5.93. The van der Waals surface area contributed by atoms with Crippen molar-refractivity contribution in [2.45, 2.75) is 24.9 Å². The van der Waals surface area contributed by atoms with Gasteiger partial charge in [-0.2, -0.15) is 0 Å². The van der Waals surface area contributed by atoms with Crippen LogP contribution in [0.1, 0.15) is 29.6 Å². The third-order valence-electron chi connectivity index (χ3n) is 4.74. The Kier molecular flexibility index (Phi) is 6.03. The number of aliphatic hydroxyl groups is 1. The summed E-state index contributed by atoms with van der Waals surface area (Å²) in [4.78, 5) is 25.1. The van der Waals surface area contributed by atoms with E-state index in [1.807, 2.05) is 49.3 Å². The van der Waals surface area contributed by atoms with Crippen LogP contribution in [0.15, 0.2) is 42.7 Å². The van der Waals surface area contributed by atoms with E-state index in [9.17, 15) is 9.90 Å². The maximum atomic E-state index is 12.8. The van der Waals surface area contributed by atoms with Gasteiger partial charge in [-0.25, -0.2) is 9.97 Å². The third kappa shape index (κ3) is 5.24. The Morgan fingerprint density at radius 2 is 1.89 bits per heavy atom. The first-order chi connectivity index (χ1) is 13.0. The largest absolute Gasteiger partial charge is 0.388 e. The molecule has 0 bridgehead atoms. The van der Waals surface area contributed by atoms with Gasteiger partial charge < -0.3 is 20.2 Å². The number of rotatable bonds is 5. The number of carbonyl (C=O) groups is 1. The number of nitrogens with one attached hydrogen (secondary N) is 1. The molecule has 2 N–H and O–H groups in total. The van der Waals surface area contributed by atoms with E-state index in [4.69, 9.17) is 0 Å². The highest BCUT2D eigenvalue weighted by Crippen LogP contribution is 2.24. The molecule has 1 aliphatic rings. The van der Waals surface area contributed by atoms with Crippen LogP contribution in [0.3, 0.4) is 0 Å². The van der Waals surface area contributed by atoms with E-state index < -0.39 is 5.60 Å². The zero-order valence-electron chi connectivity index (χ0n) is 15.9. The molecule has 0 spiro atoms. The lowest BCUT2D eigenvalue weighted by atomic mass is 9.94. The monoisotopic (exact) mass is 369 g/mol. The van der Waals surface area contributed by atoms with Gasteiger partial charge in [0.1, 0.15) is 0 Å². The minimum absolute atomic E-state index is 0.0876. The molecule has 2 aromatic rings. The Balaban J connectivity index is 1.62. The maximum Gasteiger partial charge on any atom is 0.256 e. The van der Waals surface area contributed by atoms with Crippen LogP contribution in [0.2, 0.25) is 0 Å². The average Bonchev–Trinajstić information content (AvgIpc) is 2.84. The Hall–Kier alpha value is -2.51. The molecule has 0 saturated carbocycles. The first-order valence-corrected chi connectivity index (χ1v) is 9.26. The van der Waals surface area contributed by atoms with Gasteiger partial charge in [-0.05, 0) is 45.5 Å². The fraction of sp³-hybridized carbons (Fsp3) is 0.450. The molecule has 2 heterocycles. The van der Waals surface area contributed by atoms with Crippen molar-refractivity contribution in [3.05, 3.63) is 48.3 Å². The molecule has 1 amide bonds. The number of amides is 1. The molecule has 1 aromatic carbocycles. The van der Waals surface area contributed by atoms with Gasteiger partial charge in [0.2, 0.25) is 5.95 Å². The molecule has 1 atom stereocenters. The zero-order valence-corrected chi connectivity index (χ0v) is 15.9. The molecule has 3 rings (SSSR count). The number of hydrogen-bond donors (Lipinski definition) is 2. The summed E-state index contributed by atoms with van der Waals surface area (Å²) in [5.41, 5.74) is 0.620. The Labute approximate surface area is 160 Å². The van der Waals surface area contributed by atoms with E-state index in [0.29, 0.717) is 44.0 Å². The van der Waals surface area contributed by atoms with Crippen LogP contribution in [0, 0.1) is 0 Å². The van der Waals surface area contributed by atoms with Gasteiger partial charge in [0.05, 0.1) is 11.2 Å². The van der Waals surface area contributed by atoms with Crippen LogP contribution >= 0.6 is 0 Å². The standard InChI is InChI=1S/C20H27N5O2/c1-24(2)15-20(27)9-6-11-25(12-10-20)18(26)16-13-21-19(22-14-16)23-17-7-4-3-5-8-17/h3-5,7-8,13-14,27H,6,9-12,15H2,1-2H3,(H,21,22,23)/t20-/m1/s1. The first kappa shape index (κ1) is 19.3. The summed E-state index contributed by atoms with van der Waals surface area (Å²) in [5.74, 6) is 0.365. The van der Waals surface area contributed by atoms with E-state index in [1.165, 1.54) is 0 Å². The van der Waals surface area contributed by atoms with Crippen LogP contribution in [-0.4, -0.2) is 70.1 Å². The van der Waals surface area contributed by atoms with Gasteiger partial charge in [0.15, 0.2) is 0 Å². The van der Waals surface area contributed by atoms with Gasteiger partial charge in [-0.15, -0.1) is 0 Å². The lowest BCUT2D eigenvalue weighted by Gasteiger charge is -2.29. The van der Waals surface area contributed by atoms with Crippen molar-refractivity contribution in [1.29, 1.82) is 0 Å². The number of hydrogen-bond acceptors (Lipinski definition) is 6. The van der Waals surface area contributed by atoms with E-state index in [0.717, 1.165) is 12.1 Å². The first-order valence-electron chi connectivity index (χ1n) is 9.26. The van der Waals surface area contributed by atoms with Crippen LogP contribution in [0.4, 0.5) is 11.6 Å². The number of nitrogens with zero attached hydrogens (tertiary/aromatic N) is 4. The Morgan fingerprint density at radius 3 is 2.56 bits per heavy atom. The van der Waals surface area contributed by atoms with Gasteiger partial charge >= 0.3 is 0 Å². The Bertz CT molecular complexity index is 751. The zero-order chi connectivity index (χ0) is 19.3. The van der Waals surface area contributed by atoms with Crippen LogP contribution < -0.4 is 5.32 Å². The molecule has 7 nitrogen and oxygen atoms in total. The number of anilines is 2. The maximum absolute atomic E-state index is 12.8. The summed E-state index contributed by atoms with van der Waals surface area (Å²) in [6.07, 6.45) is 5.16. The third-order valence-corrected chi connectivity index (χ3v) is 4.74. The highest BCUT2D eigenvalue weighted by atomic mass is 16.3. The van der Waals surface area contributed by atoms with Gasteiger partial charge in [0, 0.05) is 37.7 Å². The summed E-state index contributed by atoms with van der Waals surface area (Å²) in [6.45, 7) is 1.78. The van der Waals surface area contributed by atoms with E-state index in [2.05, 4.69) is 15.3 Å². The molecular weight excluding hydrogens is 342 g/mol. The predicted molar refractivity (Wildman–Crippen MR) is 105 cm³/mol. The predicted octanol–water partition coefficient (Wildman–Crippen LogP) is 2.14. The average molecular weight is 369 g/mol. The normalized spacial score (nSPS) is 20.4. The molecular formula is C20H27N5O2. The molecule has 27 heavy (non-hydrogen) atoms. The second-order valence-corrected chi connectivity index (χ2v) is 7.39. The molecule has 1 aromatic heterocycles. The van der Waals surface area contributed by atoms with E-state index in [1.54, 1.807) is 17.3 Å². The quantitative estimate of drug-likeness (QED) is 0.840. The minimum atomic E-state index is -0.738. The molecule has 0 unspecified atom stereocenters. The molecule has 144 valence electrons. The van der Waals surface area contributed by atoms with Crippen LogP contribution in [0.25, 0.3) is 0 Å². The van der Waals surface area contributed by atoms with Crippen LogP contribution in [-0.2, 0) is 0 Å². The molecule has 7 heteroatoms. The lowest BCUT2D eigenvalue weighted by molar-refractivity contribution is 0.00305. The fourth-order valence-electron chi connectivity index (χ4n) is 3.46. The molecule has 0 aliphatic carbocycles. The number of aromatic nitrogens is 2. The summed E-state index contributed by atoms with van der Waals surface area (Å²) in [7, 11) is 3.91. The van der Waals surface area contributed by atoms with Crippen molar-refractivity contribution in [2.24, 2.45) is 0 Å². The van der Waals surface area contributed by atoms with Crippen molar-refractivity contribution in [1.82, 2.24) is 19.8 Å². The highest BCUT2D eigenvalue weighted by Gasteiger charge is 2.32. The number of carbonyl (C=O) groups excluding carboxylic acids is 1. The molecule has 1 aliphatic heterocycles. The lowest BCUT2D eigenvalue weighted by Crippen LogP contribution is -2.41. The molecule has 1 fully saturated rings. The van der Waals surface area contributed by atoms with Gasteiger partial charge in [0.25, 0.3) is 5.91 Å². The number of likely N-dealkylation sites (tertiary alicyclic amines) is 1. The van der Waals surface area contributed by atoms with Crippen molar-refractivity contribution in [2.75, 3.05) is 39.0 Å². The van der Waals surface area contributed by atoms with Gasteiger partial charge in [-0.3, -0.25) is 4.79 Å². The van der Waals surface area contributed by atoms with E-state index in [-0.39, 0.29) is 5.91 Å². The molecule has 0 radical (unpaired) electrons.